The monoisotopic (exact) mass is 1510 g/mol. The first-order valence-corrected chi connectivity index (χ1v) is 46.4. The molecule has 0 bridgehead atoms. The van der Waals surface area contributed by atoms with E-state index in [-0.39, 0.29) is 25.7 Å². The third-order valence-electron chi connectivity index (χ3n) is 20.0. The summed E-state index contributed by atoms with van der Waals surface area (Å²) in [5, 5.41) is 10.7. The number of carbonyl (C=O) groups excluding carboxylic acids is 4. The van der Waals surface area contributed by atoms with Crippen LogP contribution in [0.15, 0.2) is 0 Å². The molecule has 0 fully saturated rings. The van der Waals surface area contributed by atoms with Crippen LogP contribution in [0.25, 0.3) is 0 Å². The van der Waals surface area contributed by atoms with Gasteiger partial charge in [-0.1, -0.05) is 389 Å². The molecular formula is C84H164O17P2. The van der Waals surface area contributed by atoms with E-state index in [0.717, 1.165) is 114 Å². The number of hydrogen-bond donors (Lipinski definition) is 3. The smallest absolute Gasteiger partial charge is 0.462 e. The van der Waals surface area contributed by atoms with Gasteiger partial charge in [0.15, 0.2) is 12.2 Å². The Morgan fingerprint density at radius 2 is 0.495 bits per heavy atom. The third kappa shape index (κ3) is 76.6. The van der Waals surface area contributed by atoms with E-state index in [1.165, 1.54) is 244 Å². The summed E-state index contributed by atoms with van der Waals surface area (Å²) in [5.74, 6) is 0.208. The van der Waals surface area contributed by atoms with Crippen molar-refractivity contribution in [2.75, 3.05) is 39.6 Å². The van der Waals surface area contributed by atoms with Gasteiger partial charge >= 0.3 is 39.5 Å². The molecule has 0 aromatic heterocycles. The largest absolute Gasteiger partial charge is 0.472 e. The van der Waals surface area contributed by atoms with E-state index in [1.54, 1.807) is 0 Å². The van der Waals surface area contributed by atoms with Gasteiger partial charge in [0.25, 0.3) is 0 Å². The number of carbonyl (C=O) groups is 4. The molecule has 3 unspecified atom stereocenters. The average molecular weight is 1510 g/mol. The molecular weight excluding hydrogens is 1340 g/mol. The second kappa shape index (κ2) is 74.2. The fraction of sp³-hybridized carbons (Fsp3) is 0.952. The van der Waals surface area contributed by atoms with Crippen molar-refractivity contribution < 1.29 is 80.2 Å². The van der Waals surface area contributed by atoms with Crippen LogP contribution < -0.4 is 0 Å². The van der Waals surface area contributed by atoms with Crippen molar-refractivity contribution in [1.29, 1.82) is 0 Å². The van der Waals surface area contributed by atoms with E-state index in [1.807, 2.05) is 0 Å². The van der Waals surface area contributed by atoms with Crippen LogP contribution in [-0.2, 0) is 65.4 Å². The molecule has 0 rings (SSSR count). The molecule has 3 N–H and O–H groups in total. The lowest BCUT2D eigenvalue weighted by Gasteiger charge is -2.21. The van der Waals surface area contributed by atoms with Gasteiger partial charge in [0, 0.05) is 25.7 Å². The summed E-state index contributed by atoms with van der Waals surface area (Å²) < 4.78 is 68.8. The van der Waals surface area contributed by atoms with Crippen LogP contribution >= 0.6 is 15.6 Å². The minimum absolute atomic E-state index is 0.106. The van der Waals surface area contributed by atoms with Gasteiger partial charge in [-0.05, 0) is 43.4 Å². The fourth-order valence-corrected chi connectivity index (χ4v) is 14.6. The lowest BCUT2D eigenvalue weighted by Crippen LogP contribution is -2.30. The van der Waals surface area contributed by atoms with Gasteiger partial charge in [-0.25, -0.2) is 9.13 Å². The summed E-state index contributed by atoms with van der Waals surface area (Å²) in [7, 11) is -9.93. The first-order chi connectivity index (χ1) is 49.8. The second-order valence-electron chi connectivity index (χ2n) is 31.4. The number of hydrogen-bond acceptors (Lipinski definition) is 15. The quantitative estimate of drug-likeness (QED) is 0.0222. The number of ether oxygens (including phenoxy) is 4. The lowest BCUT2D eigenvalue weighted by molar-refractivity contribution is -0.161. The van der Waals surface area contributed by atoms with Crippen molar-refractivity contribution in [2.24, 2.45) is 17.8 Å². The van der Waals surface area contributed by atoms with Gasteiger partial charge < -0.3 is 33.8 Å². The highest BCUT2D eigenvalue weighted by molar-refractivity contribution is 7.47. The molecule has 0 heterocycles. The van der Waals surface area contributed by atoms with Gasteiger partial charge in [-0.2, -0.15) is 0 Å². The number of esters is 4. The molecule has 0 saturated carbocycles. The van der Waals surface area contributed by atoms with Gasteiger partial charge in [0.2, 0.25) is 0 Å². The molecule has 0 spiro atoms. The Labute approximate surface area is 632 Å². The molecule has 0 radical (unpaired) electrons. The molecule has 17 nitrogen and oxygen atoms in total. The van der Waals surface area contributed by atoms with E-state index >= 15 is 0 Å². The molecule has 6 atom stereocenters. The minimum Gasteiger partial charge on any atom is -0.462 e. The normalized spacial score (nSPS) is 14.2. The van der Waals surface area contributed by atoms with Crippen molar-refractivity contribution in [3.8, 4) is 0 Å². The Balaban J connectivity index is 5.24. The molecule has 0 aliphatic rings. The van der Waals surface area contributed by atoms with Crippen LogP contribution in [0.2, 0.25) is 0 Å². The van der Waals surface area contributed by atoms with Gasteiger partial charge in [0.05, 0.1) is 26.4 Å². The van der Waals surface area contributed by atoms with Gasteiger partial charge in [-0.15, -0.1) is 0 Å². The molecule has 612 valence electrons. The predicted molar refractivity (Wildman–Crippen MR) is 423 cm³/mol. The van der Waals surface area contributed by atoms with E-state index < -0.39 is 97.5 Å². The average Bonchev–Trinajstić information content (AvgIpc) is 0.912. The Kier molecular flexibility index (Phi) is 72.8. The summed E-state index contributed by atoms with van der Waals surface area (Å²) >= 11 is 0. The van der Waals surface area contributed by atoms with Crippen LogP contribution in [0.1, 0.15) is 440 Å². The molecule has 19 heteroatoms. The summed E-state index contributed by atoms with van der Waals surface area (Å²) in [4.78, 5) is 73.1. The SMILES string of the molecule is CCCCCCCCCCCCCCCCCCCCCCC(=O)O[C@H](COC(=O)CCCCCCCCCCCCCCCCC(C)C)COP(=O)(O)OC[C@@H](O)COP(=O)(O)OC[C@@H](COC(=O)CCCCCCCCC(C)CC)OC(=O)CCCCCCCCCCCCCCCC(C)C. The van der Waals surface area contributed by atoms with E-state index in [9.17, 15) is 43.2 Å². The van der Waals surface area contributed by atoms with Crippen molar-refractivity contribution in [3.05, 3.63) is 0 Å². The molecule has 0 aliphatic heterocycles. The zero-order chi connectivity index (χ0) is 75.8. The number of aliphatic hydroxyl groups excluding tert-OH is 1. The highest BCUT2D eigenvalue weighted by Gasteiger charge is 2.30. The molecule has 0 aromatic carbocycles. The Morgan fingerprint density at radius 3 is 0.738 bits per heavy atom. The Bertz CT molecular complexity index is 1990. The molecule has 0 aromatic rings. The zero-order valence-electron chi connectivity index (χ0n) is 67.8. The van der Waals surface area contributed by atoms with Crippen LogP contribution in [0.5, 0.6) is 0 Å². The zero-order valence-corrected chi connectivity index (χ0v) is 69.6. The number of aliphatic hydroxyl groups is 1. The summed E-state index contributed by atoms with van der Waals surface area (Å²) in [5.41, 5.74) is 0. The lowest BCUT2D eigenvalue weighted by atomic mass is 10.00. The summed E-state index contributed by atoms with van der Waals surface area (Å²) in [6, 6.07) is 0. The van der Waals surface area contributed by atoms with Crippen molar-refractivity contribution in [1.82, 2.24) is 0 Å². The molecule has 0 amide bonds. The number of phosphoric acid groups is 2. The number of rotatable bonds is 82. The minimum atomic E-state index is -4.96. The highest BCUT2D eigenvalue weighted by Crippen LogP contribution is 2.45. The summed E-state index contributed by atoms with van der Waals surface area (Å²) in [6.07, 6.45) is 63.9. The van der Waals surface area contributed by atoms with E-state index in [4.69, 9.17) is 37.0 Å². The maximum atomic E-state index is 13.1. The summed E-state index contributed by atoms with van der Waals surface area (Å²) in [6.45, 7) is 12.0. The molecule has 103 heavy (non-hydrogen) atoms. The Morgan fingerprint density at radius 1 is 0.282 bits per heavy atom. The van der Waals surface area contributed by atoms with Crippen LogP contribution in [0, 0.1) is 17.8 Å². The first-order valence-electron chi connectivity index (χ1n) is 43.4. The van der Waals surface area contributed by atoms with E-state index in [2.05, 4.69) is 48.5 Å². The second-order valence-corrected chi connectivity index (χ2v) is 34.3. The Hall–Kier alpha value is -1.94. The number of unbranched alkanes of at least 4 members (excludes halogenated alkanes) is 49. The molecule has 0 saturated heterocycles. The predicted octanol–water partition coefficient (Wildman–Crippen LogP) is 25.3. The third-order valence-corrected chi connectivity index (χ3v) is 21.9. The van der Waals surface area contributed by atoms with Crippen LogP contribution in [0.3, 0.4) is 0 Å². The van der Waals surface area contributed by atoms with Crippen molar-refractivity contribution >= 4 is 39.5 Å². The first kappa shape index (κ1) is 101. The van der Waals surface area contributed by atoms with Crippen molar-refractivity contribution in [2.45, 2.75) is 458 Å². The van der Waals surface area contributed by atoms with Gasteiger partial charge in [0.1, 0.15) is 19.3 Å². The van der Waals surface area contributed by atoms with Crippen LogP contribution in [0.4, 0.5) is 0 Å². The van der Waals surface area contributed by atoms with Gasteiger partial charge in [-0.3, -0.25) is 37.3 Å². The van der Waals surface area contributed by atoms with Crippen LogP contribution in [-0.4, -0.2) is 96.7 Å². The topological polar surface area (TPSA) is 237 Å². The highest BCUT2D eigenvalue weighted by atomic mass is 31.2. The fourth-order valence-electron chi connectivity index (χ4n) is 13.0. The van der Waals surface area contributed by atoms with Crippen molar-refractivity contribution in [3.63, 3.8) is 0 Å². The van der Waals surface area contributed by atoms with E-state index in [0.29, 0.717) is 25.7 Å². The molecule has 0 aliphatic carbocycles. The standard InChI is InChI=1S/C84H164O17P2/c1-8-10-11-12-13-14-15-16-17-18-19-20-21-22-29-34-39-44-53-60-67-83(88)100-79(71-94-81(86)65-58-51-43-38-33-28-24-23-26-31-36-41-48-55-62-75(3)4)73-98-102(90,91)96-69-78(85)70-97-103(92,93)99-74-80(72-95-82(87)66-59-52-47-46-50-57-64-77(7)9-2)101-84(89)68-61-54-45-40-35-30-25-27-32-37-42-49-56-63-76(5)6/h75-80,85H,8-74H2,1-7H3,(H,90,91)(H,92,93)/t77?,78-,79-,80-/m1/s1. The number of phosphoric ester groups is 2. The maximum absolute atomic E-state index is 13.1. The maximum Gasteiger partial charge on any atom is 0.472 e.